The first kappa shape index (κ1) is 19.6. The minimum absolute atomic E-state index is 0.0410. The Morgan fingerprint density at radius 2 is 1.96 bits per heavy atom. The molecule has 0 aliphatic heterocycles. The van der Waals surface area contributed by atoms with Crippen molar-refractivity contribution in [2.45, 2.75) is 13.3 Å². The van der Waals surface area contributed by atoms with Gasteiger partial charge >= 0.3 is 0 Å². The predicted octanol–water partition coefficient (Wildman–Crippen LogP) is 1.55. The van der Waals surface area contributed by atoms with E-state index in [1.54, 1.807) is 14.2 Å². The molecule has 0 spiro atoms. The van der Waals surface area contributed by atoms with Crippen molar-refractivity contribution in [3.63, 3.8) is 0 Å². The molecule has 142 valence electrons. The fraction of sp³-hybridized carbons (Fsp3) is 0.444. The van der Waals surface area contributed by atoms with E-state index in [1.165, 1.54) is 6.33 Å². The van der Waals surface area contributed by atoms with Gasteiger partial charge in [-0.2, -0.15) is 0 Å². The van der Waals surface area contributed by atoms with Crippen LogP contribution in [0, 0.1) is 0 Å². The summed E-state index contributed by atoms with van der Waals surface area (Å²) >= 11 is 0. The molecule has 1 heterocycles. The Morgan fingerprint density at radius 1 is 1.19 bits per heavy atom. The van der Waals surface area contributed by atoms with Crippen molar-refractivity contribution < 1.29 is 14.6 Å². The number of hydrogen-bond donors (Lipinski definition) is 3. The number of likely N-dealkylation sites (N-methyl/N-ethyl adjacent to an activating group) is 1. The van der Waals surface area contributed by atoms with Gasteiger partial charge in [0.25, 0.3) is 0 Å². The summed E-state index contributed by atoms with van der Waals surface area (Å²) in [5.41, 5.74) is 7.80. The van der Waals surface area contributed by atoms with Crippen LogP contribution in [-0.2, 0) is 6.42 Å². The second kappa shape index (κ2) is 9.67. The molecule has 8 nitrogen and oxygen atoms in total. The van der Waals surface area contributed by atoms with E-state index in [1.807, 2.05) is 30.0 Å². The summed E-state index contributed by atoms with van der Waals surface area (Å²) in [7, 11) is 3.24. The molecule has 0 bridgehead atoms. The van der Waals surface area contributed by atoms with Crippen LogP contribution >= 0.6 is 0 Å². The number of nitrogens with two attached hydrogens (primary N) is 1. The number of aliphatic hydroxyl groups is 1. The Hall–Kier alpha value is -2.74. The molecule has 0 aliphatic carbocycles. The summed E-state index contributed by atoms with van der Waals surface area (Å²) in [5, 5.41) is 12.4. The maximum absolute atomic E-state index is 9.18. The molecular weight excluding hydrogens is 334 g/mol. The van der Waals surface area contributed by atoms with Gasteiger partial charge in [0.05, 0.1) is 20.8 Å². The number of rotatable bonds is 10. The quantitative estimate of drug-likeness (QED) is 0.585. The molecule has 1 aromatic carbocycles. The Labute approximate surface area is 154 Å². The normalized spacial score (nSPS) is 10.5. The lowest BCUT2D eigenvalue weighted by molar-refractivity contribution is 0.302. The van der Waals surface area contributed by atoms with Crippen molar-refractivity contribution in [3.8, 4) is 11.5 Å². The first-order valence-electron chi connectivity index (χ1n) is 8.55. The Morgan fingerprint density at radius 3 is 2.62 bits per heavy atom. The fourth-order valence-corrected chi connectivity index (χ4v) is 2.68. The third-order valence-corrected chi connectivity index (χ3v) is 4.07. The van der Waals surface area contributed by atoms with Gasteiger partial charge in [-0.1, -0.05) is 6.07 Å². The molecule has 0 atom stereocenters. The number of aromatic nitrogens is 2. The maximum atomic E-state index is 9.18. The first-order chi connectivity index (χ1) is 12.6. The van der Waals surface area contributed by atoms with E-state index in [4.69, 9.17) is 15.2 Å². The van der Waals surface area contributed by atoms with E-state index in [9.17, 15) is 5.11 Å². The zero-order valence-electron chi connectivity index (χ0n) is 15.5. The second-order valence-electron chi connectivity index (χ2n) is 5.63. The molecule has 26 heavy (non-hydrogen) atoms. The summed E-state index contributed by atoms with van der Waals surface area (Å²) in [6, 6.07) is 5.84. The summed E-state index contributed by atoms with van der Waals surface area (Å²) in [6.45, 7) is 3.86. The Balaban J connectivity index is 2.04. The highest BCUT2D eigenvalue weighted by molar-refractivity contribution is 5.74. The summed E-state index contributed by atoms with van der Waals surface area (Å²) in [5.74, 6) is 2.63. The first-order valence-corrected chi connectivity index (χ1v) is 8.55. The molecule has 1 aromatic heterocycles. The number of benzene rings is 1. The second-order valence-corrected chi connectivity index (χ2v) is 5.63. The topological polar surface area (TPSA) is 106 Å². The average molecular weight is 361 g/mol. The Kier molecular flexibility index (Phi) is 7.28. The van der Waals surface area contributed by atoms with E-state index >= 15 is 0 Å². The fourth-order valence-electron chi connectivity index (χ4n) is 2.68. The van der Waals surface area contributed by atoms with Gasteiger partial charge < -0.3 is 30.5 Å². The number of nitrogens with zero attached hydrogens (tertiary/aromatic N) is 3. The minimum Gasteiger partial charge on any atom is -0.493 e. The molecule has 0 radical (unpaired) electrons. The van der Waals surface area contributed by atoms with E-state index < -0.39 is 0 Å². The molecule has 0 aliphatic rings. The highest BCUT2D eigenvalue weighted by atomic mass is 16.5. The van der Waals surface area contributed by atoms with Gasteiger partial charge in [0.2, 0.25) is 0 Å². The van der Waals surface area contributed by atoms with Crippen LogP contribution < -0.4 is 25.4 Å². The van der Waals surface area contributed by atoms with Crippen molar-refractivity contribution in [1.82, 2.24) is 9.97 Å². The van der Waals surface area contributed by atoms with E-state index in [0.717, 1.165) is 12.0 Å². The monoisotopic (exact) mass is 361 g/mol. The van der Waals surface area contributed by atoms with Gasteiger partial charge in [-0.25, -0.2) is 9.97 Å². The Bertz CT molecular complexity index is 711. The number of methoxy groups -OCH3 is 2. The number of nitrogen functional groups attached to an aromatic ring is 1. The third kappa shape index (κ3) is 4.66. The van der Waals surface area contributed by atoms with Gasteiger partial charge in [-0.3, -0.25) is 0 Å². The van der Waals surface area contributed by atoms with Crippen LogP contribution in [0.5, 0.6) is 11.5 Å². The van der Waals surface area contributed by atoms with Crippen LogP contribution in [-0.4, -0.2) is 55.5 Å². The van der Waals surface area contributed by atoms with Gasteiger partial charge in [-0.15, -0.1) is 0 Å². The summed E-state index contributed by atoms with van der Waals surface area (Å²) < 4.78 is 10.6. The van der Waals surface area contributed by atoms with Crippen LogP contribution in [0.2, 0.25) is 0 Å². The molecule has 2 aromatic rings. The van der Waals surface area contributed by atoms with E-state index in [-0.39, 0.29) is 6.61 Å². The standard InChI is InChI=1S/C18H27N5O3/c1-4-23(9-10-24)18-16(19)17(21-12-22-18)20-8-7-13-5-6-14(25-2)15(11-13)26-3/h5-6,11-12,24H,4,7-10,19H2,1-3H3,(H,20,21,22). The van der Waals surface area contributed by atoms with Crippen molar-refractivity contribution in [2.75, 3.05) is 56.4 Å². The SMILES string of the molecule is CCN(CCO)c1ncnc(NCCc2ccc(OC)c(OC)c2)c1N. The van der Waals surface area contributed by atoms with Crippen LogP contribution in [0.1, 0.15) is 12.5 Å². The molecule has 8 heteroatoms. The molecule has 0 saturated heterocycles. The average Bonchev–Trinajstić information content (AvgIpc) is 2.67. The number of nitrogens with one attached hydrogen (secondary N) is 1. The maximum Gasteiger partial charge on any atom is 0.160 e. The smallest absolute Gasteiger partial charge is 0.160 e. The molecule has 4 N–H and O–H groups in total. The molecule has 2 rings (SSSR count). The highest BCUT2D eigenvalue weighted by Crippen LogP contribution is 2.28. The van der Waals surface area contributed by atoms with Crippen LogP contribution in [0.3, 0.4) is 0 Å². The number of anilines is 3. The van der Waals surface area contributed by atoms with Crippen LogP contribution in [0.15, 0.2) is 24.5 Å². The van der Waals surface area contributed by atoms with E-state index in [2.05, 4.69) is 15.3 Å². The van der Waals surface area contributed by atoms with Crippen molar-refractivity contribution in [3.05, 3.63) is 30.1 Å². The third-order valence-electron chi connectivity index (χ3n) is 4.07. The lowest BCUT2D eigenvalue weighted by Gasteiger charge is -2.23. The van der Waals surface area contributed by atoms with Crippen molar-refractivity contribution in [1.29, 1.82) is 0 Å². The zero-order chi connectivity index (χ0) is 18.9. The van der Waals surface area contributed by atoms with Crippen LogP contribution in [0.4, 0.5) is 17.3 Å². The van der Waals surface area contributed by atoms with Gasteiger partial charge in [0, 0.05) is 19.6 Å². The molecule has 0 amide bonds. The number of hydrogen-bond acceptors (Lipinski definition) is 8. The van der Waals surface area contributed by atoms with Crippen molar-refractivity contribution >= 4 is 17.3 Å². The predicted molar refractivity (Wildman–Crippen MR) is 103 cm³/mol. The van der Waals surface area contributed by atoms with Crippen molar-refractivity contribution in [2.24, 2.45) is 0 Å². The number of ether oxygens (including phenoxy) is 2. The summed E-state index contributed by atoms with van der Waals surface area (Å²) in [6.07, 6.45) is 2.25. The lowest BCUT2D eigenvalue weighted by atomic mass is 10.1. The molecule has 0 saturated carbocycles. The molecule has 0 fully saturated rings. The lowest BCUT2D eigenvalue weighted by Crippen LogP contribution is -2.28. The van der Waals surface area contributed by atoms with Gasteiger partial charge in [-0.05, 0) is 31.0 Å². The van der Waals surface area contributed by atoms with Crippen LogP contribution in [0.25, 0.3) is 0 Å². The van der Waals surface area contributed by atoms with E-state index in [0.29, 0.717) is 48.5 Å². The highest BCUT2D eigenvalue weighted by Gasteiger charge is 2.13. The minimum atomic E-state index is 0.0410. The zero-order valence-corrected chi connectivity index (χ0v) is 15.5. The number of aliphatic hydroxyl groups excluding tert-OH is 1. The largest absolute Gasteiger partial charge is 0.493 e. The summed E-state index contributed by atoms with van der Waals surface area (Å²) in [4.78, 5) is 10.4. The van der Waals surface area contributed by atoms with Gasteiger partial charge in [0.15, 0.2) is 23.1 Å². The molecular formula is C18H27N5O3. The molecule has 0 unspecified atom stereocenters. The van der Waals surface area contributed by atoms with Gasteiger partial charge in [0.1, 0.15) is 12.0 Å².